The number of hydrogen-bond donors (Lipinski definition) is 0. The maximum atomic E-state index is 6.62. The smallest absolute Gasteiger partial charge is 0.161 e. The fraction of sp³-hybridized carbons (Fsp3) is 0. The number of furan rings is 2. The molecule has 3 heteroatoms. The molecule has 182 valence electrons. The van der Waals surface area contributed by atoms with Crippen LogP contribution in [0.25, 0.3) is 82.5 Å². The monoisotopic (exact) mass is 499 g/mol. The Labute approximate surface area is 223 Å². The number of fused-ring (bicyclic) bond motifs is 10. The molecule has 3 heterocycles. The zero-order chi connectivity index (χ0) is 25.5. The zero-order valence-electron chi connectivity index (χ0n) is 20.9. The van der Waals surface area contributed by atoms with Gasteiger partial charge in [-0.05, 0) is 65.0 Å². The highest BCUT2D eigenvalue weighted by Gasteiger charge is 2.20. The maximum absolute atomic E-state index is 6.62. The molecular formula is C36H21NO2. The fourth-order valence-corrected chi connectivity index (χ4v) is 6.28. The van der Waals surface area contributed by atoms with Crippen LogP contribution in [0.15, 0.2) is 136 Å². The normalized spacial score (nSPS) is 12.1. The number of benzene rings is 6. The van der Waals surface area contributed by atoms with Crippen LogP contribution in [0, 0.1) is 0 Å². The van der Waals surface area contributed by atoms with E-state index in [1.54, 1.807) is 0 Å². The van der Waals surface area contributed by atoms with Crippen LogP contribution >= 0.6 is 0 Å². The summed E-state index contributed by atoms with van der Waals surface area (Å²) in [4.78, 5) is 0. The van der Waals surface area contributed by atoms with Crippen molar-refractivity contribution >= 4 is 65.7 Å². The lowest BCUT2D eigenvalue weighted by Crippen LogP contribution is -1.92. The van der Waals surface area contributed by atoms with Crippen LogP contribution in [0.3, 0.4) is 0 Å². The first-order chi connectivity index (χ1) is 19.3. The van der Waals surface area contributed by atoms with Crippen molar-refractivity contribution < 1.29 is 8.83 Å². The summed E-state index contributed by atoms with van der Waals surface area (Å²) >= 11 is 0. The van der Waals surface area contributed by atoms with Crippen molar-refractivity contribution in [2.45, 2.75) is 0 Å². The maximum Gasteiger partial charge on any atom is 0.161 e. The van der Waals surface area contributed by atoms with Crippen molar-refractivity contribution in [2.24, 2.45) is 0 Å². The van der Waals surface area contributed by atoms with Crippen molar-refractivity contribution in [1.82, 2.24) is 4.57 Å². The van der Waals surface area contributed by atoms with Crippen LogP contribution in [0.2, 0.25) is 0 Å². The highest BCUT2D eigenvalue weighted by Crippen LogP contribution is 2.43. The molecule has 0 radical (unpaired) electrons. The van der Waals surface area contributed by atoms with Crippen molar-refractivity contribution in [3.63, 3.8) is 0 Å². The van der Waals surface area contributed by atoms with Gasteiger partial charge in [-0.2, -0.15) is 0 Å². The van der Waals surface area contributed by atoms with Crippen molar-refractivity contribution in [2.75, 3.05) is 0 Å². The molecule has 0 spiro atoms. The third kappa shape index (κ3) is 2.82. The average molecular weight is 500 g/mol. The van der Waals surface area contributed by atoms with E-state index in [4.69, 9.17) is 8.83 Å². The van der Waals surface area contributed by atoms with Crippen molar-refractivity contribution in [1.29, 1.82) is 0 Å². The molecule has 0 fully saturated rings. The summed E-state index contributed by atoms with van der Waals surface area (Å²) < 4.78 is 15.4. The number of para-hydroxylation sites is 2. The third-order valence-corrected chi connectivity index (χ3v) is 7.99. The van der Waals surface area contributed by atoms with Gasteiger partial charge in [0.25, 0.3) is 0 Å². The van der Waals surface area contributed by atoms with Gasteiger partial charge in [0.05, 0.1) is 5.52 Å². The molecule has 6 aromatic carbocycles. The Bertz CT molecular complexity index is 2390. The molecule has 0 saturated heterocycles. The summed E-state index contributed by atoms with van der Waals surface area (Å²) in [6.07, 6.45) is 0. The summed E-state index contributed by atoms with van der Waals surface area (Å²) in [5.41, 5.74) is 9.23. The molecule has 9 rings (SSSR count). The second kappa shape index (κ2) is 7.62. The molecule has 0 aliphatic carbocycles. The number of rotatable bonds is 2. The van der Waals surface area contributed by atoms with Gasteiger partial charge in [-0.25, -0.2) is 0 Å². The molecule has 0 unspecified atom stereocenters. The zero-order valence-corrected chi connectivity index (χ0v) is 20.9. The SMILES string of the molecule is c1ccc(-n2c3ccccc3c3oc4cc(-c5cccc6oc7c8ccccc8ccc7c56)ccc4c32)cc1. The first-order valence-electron chi connectivity index (χ1n) is 13.2. The summed E-state index contributed by atoms with van der Waals surface area (Å²) in [7, 11) is 0. The van der Waals surface area contributed by atoms with Gasteiger partial charge in [0.2, 0.25) is 0 Å². The van der Waals surface area contributed by atoms with E-state index < -0.39 is 0 Å². The quantitative estimate of drug-likeness (QED) is 0.237. The van der Waals surface area contributed by atoms with Crippen LogP contribution in [0.1, 0.15) is 0 Å². The first kappa shape index (κ1) is 20.7. The molecule has 0 amide bonds. The molecule has 9 aromatic rings. The van der Waals surface area contributed by atoms with Crippen LogP contribution in [-0.2, 0) is 0 Å². The predicted octanol–water partition coefficient (Wildman–Crippen LogP) is 10.2. The van der Waals surface area contributed by atoms with Gasteiger partial charge in [-0.1, -0.05) is 78.9 Å². The molecule has 0 saturated carbocycles. The lowest BCUT2D eigenvalue weighted by molar-refractivity contribution is 0.672. The Hall–Kier alpha value is -5.28. The van der Waals surface area contributed by atoms with Gasteiger partial charge >= 0.3 is 0 Å². The molecular weight excluding hydrogens is 478 g/mol. The second-order valence-corrected chi connectivity index (χ2v) is 10.1. The Morgan fingerprint density at radius 1 is 0.487 bits per heavy atom. The Morgan fingerprint density at radius 3 is 2.18 bits per heavy atom. The van der Waals surface area contributed by atoms with Crippen LogP contribution < -0.4 is 0 Å². The lowest BCUT2D eigenvalue weighted by Gasteiger charge is -2.08. The minimum Gasteiger partial charge on any atom is -0.455 e. The molecule has 3 nitrogen and oxygen atoms in total. The van der Waals surface area contributed by atoms with Gasteiger partial charge in [-0.3, -0.25) is 0 Å². The Morgan fingerprint density at radius 2 is 1.26 bits per heavy atom. The van der Waals surface area contributed by atoms with E-state index in [-0.39, 0.29) is 0 Å². The van der Waals surface area contributed by atoms with E-state index in [2.05, 4.69) is 132 Å². The van der Waals surface area contributed by atoms with Crippen LogP contribution in [-0.4, -0.2) is 4.57 Å². The second-order valence-electron chi connectivity index (χ2n) is 10.1. The molecule has 0 atom stereocenters. The molecule has 39 heavy (non-hydrogen) atoms. The van der Waals surface area contributed by atoms with E-state index in [0.717, 1.165) is 77.1 Å². The summed E-state index contributed by atoms with van der Waals surface area (Å²) in [6.45, 7) is 0. The van der Waals surface area contributed by atoms with Crippen LogP contribution in [0.5, 0.6) is 0 Å². The van der Waals surface area contributed by atoms with E-state index in [9.17, 15) is 0 Å². The number of nitrogens with zero attached hydrogens (tertiary/aromatic N) is 1. The molecule has 0 aliphatic rings. The summed E-state index contributed by atoms with van der Waals surface area (Å²) in [6, 6.07) is 44.6. The van der Waals surface area contributed by atoms with Gasteiger partial charge in [0.15, 0.2) is 5.58 Å². The average Bonchev–Trinajstić information content (AvgIpc) is 3.66. The minimum absolute atomic E-state index is 0.878. The van der Waals surface area contributed by atoms with Gasteiger partial charge in [0, 0.05) is 32.6 Å². The minimum atomic E-state index is 0.878. The van der Waals surface area contributed by atoms with E-state index in [1.807, 2.05) is 0 Å². The Balaban J connectivity index is 1.33. The van der Waals surface area contributed by atoms with E-state index in [0.29, 0.717) is 0 Å². The molecule has 0 N–H and O–H groups in total. The van der Waals surface area contributed by atoms with Crippen molar-refractivity contribution in [3.05, 3.63) is 127 Å². The van der Waals surface area contributed by atoms with Crippen LogP contribution in [0.4, 0.5) is 0 Å². The first-order valence-corrected chi connectivity index (χ1v) is 13.2. The summed E-state index contributed by atoms with van der Waals surface area (Å²) in [5.74, 6) is 0. The number of aromatic nitrogens is 1. The number of hydrogen-bond acceptors (Lipinski definition) is 2. The predicted molar refractivity (Wildman–Crippen MR) is 161 cm³/mol. The summed E-state index contributed by atoms with van der Waals surface area (Å²) in [5, 5.41) is 6.79. The lowest BCUT2D eigenvalue weighted by atomic mass is 9.97. The topological polar surface area (TPSA) is 31.2 Å². The largest absolute Gasteiger partial charge is 0.455 e. The van der Waals surface area contributed by atoms with Gasteiger partial charge in [-0.15, -0.1) is 0 Å². The third-order valence-electron chi connectivity index (χ3n) is 7.99. The highest BCUT2D eigenvalue weighted by atomic mass is 16.3. The van der Waals surface area contributed by atoms with E-state index >= 15 is 0 Å². The standard InChI is InChI=1S/C36H21NO2/c1-2-10-24(11-3-1)37-30-15-7-6-13-27(30)36-34(37)28-19-18-23(21-32(28)39-36)25-14-8-16-31-33(25)29-20-17-22-9-4-5-12-26(22)35(29)38-31/h1-21H. The van der Waals surface area contributed by atoms with E-state index in [1.165, 1.54) is 5.39 Å². The molecule has 3 aromatic heterocycles. The highest BCUT2D eigenvalue weighted by molar-refractivity contribution is 6.20. The van der Waals surface area contributed by atoms with Gasteiger partial charge in [0.1, 0.15) is 22.3 Å². The fourth-order valence-electron chi connectivity index (χ4n) is 6.28. The molecule has 0 bridgehead atoms. The van der Waals surface area contributed by atoms with Gasteiger partial charge < -0.3 is 13.4 Å². The molecule has 0 aliphatic heterocycles. The Kier molecular flexibility index (Phi) is 4.05. The van der Waals surface area contributed by atoms with Crippen molar-refractivity contribution in [3.8, 4) is 16.8 Å².